The van der Waals surface area contributed by atoms with Crippen LogP contribution >= 0.6 is 22.7 Å². The molecule has 2 saturated heterocycles. The second-order valence-electron chi connectivity index (χ2n) is 7.91. The monoisotopic (exact) mass is 461 g/mol. The molecule has 10 heteroatoms. The minimum atomic E-state index is -0.242. The number of anilines is 2. The normalized spacial score (nSPS) is 17.1. The number of amides is 3. The molecule has 0 bridgehead atoms. The number of hydrogen-bond donors (Lipinski definition) is 2. The quantitative estimate of drug-likeness (QED) is 0.690. The summed E-state index contributed by atoms with van der Waals surface area (Å²) in [5.74, 6) is 0.120. The Bertz CT molecular complexity index is 929. The van der Waals surface area contributed by atoms with Crippen LogP contribution in [0.4, 0.5) is 10.9 Å². The average Bonchev–Trinajstić information content (AvgIpc) is 3.53. The highest BCUT2D eigenvalue weighted by molar-refractivity contribution is 7.18. The minimum absolute atomic E-state index is 0.0170. The van der Waals surface area contributed by atoms with E-state index in [-0.39, 0.29) is 23.6 Å². The first-order valence-corrected chi connectivity index (χ1v) is 12.3. The van der Waals surface area contributed by atoms with E-state index < -0.39 is 0 Å². The van der Waals surface area contributed by atoms with Crippen molar-refractivity contribution in [3.8, 4) is 0 Å². The van der Waals surface area contributed by atoms with E-state index in [0.29, 0.717) is 30.3 Å². The van der Waals surface area contributed by atoms with Gasteiger partial charge in [-0.05, 0) is 37.1 Å². The molecular formula is C21H27N5O3S2. The van der Waals surface area contributed by atoms with E-state index in [1.165, 1.54) is 18.3 Å². The Balaban J connectivity index is 1.38. The Labute approximate surface area is 189 Å². The second-order valence-corrected chi connectivity index (χ2v) is 9.92. The number of carbonyl (C=O) groups excluding carboxylic acids is 3. The molecule has 2 aromatic heterocycles. The number of thiazole rings is 1. The van der Waals surface area contributed by atoms with Crippen LogP contribution < -0.4 is 15.5 Å². The second kappa shape index (κ2) is 9.78. The maximum Gasteiger partial charge on any atom is 0.267 e. The summed E-state index contributed by atoms with van der Waals surface area (Å²) in [4.78, 5) is 47.2. The number of piperidine rings is 1. The topological polar surface area (TPSA) is 94.6 Å². The standard InChI is InChI=1S/C21H27N5O3S2/c1-14(27)23-18-17(20(29)25-8-2-3-9-25)31-21(24-18)26-10-6-15(7-11-26)19(28)22-13-16-5-4-12-30-16/h4-5,12,15H,2-3,6-11,13H2,1H3,(H,22,28)(H,23,27). The lowest BCUT2D eigenvalue weighted by atomic mass is 9.96. The number of aromatic nitrogens is 1. The molecule has 166 valence electrons. The van der Waals surface area contributed by atoms with E-state index in [4.69, 9.17) is 0 Å². The van der Waals surface area contributed by atoms with Crippen LogP contribution in [0.5, 0.6) is 0 Å². The molecule has 4 rings (SSSR count). The molecule has 0 unspecified atom stereocenters. The van der Waals surface area contributed by atoms with Crippen LogP contribution in [0.1, 0.15) is 47.2 Å². The molecule has 2 fully saturated rings. The number of thiophene rings is 1. The summed E-state index contributed by atoms with van der Waals surface area (Å²) in [6.45, 7) is 4.88. The Morgan fingerprint density at radius 3 is 2.55 bits per heavy atom. The summed E-state index contributed by atoms with van der Waals surface area (Å²) in [6.07, 6.45) is 3.49. The lowest BCUT2D eigenvalue weighted by Crippen LogP contribution is -2.40. The molecule has 0 spiro atoms. The van der Waals surface area contributed by atoms with Crippen molar-refractivity contribution in [3.05, 3.63) is 27.3 Å². The molecule has 0 atom stereocenters. The number of likely N-dealkylation sites (tertiary alicyclic amines) is 1. The summed E-state index contributed by atoms with van der Waals surface area (Å²) < 4.78 is 0. The fourth-order valence-corrected chi connectivity index (χ4v) is 5.65. The average molecular weight is 462 g/mol. The molecule has 2 N–H and O–H groups in total. The molecule has 2 aliphatic heterocycles. The molecule has 0 radical (unpaired) electrons. The highest BCUT2D eigenvalue weighted by atomic mass is 32.1. The van der Waals surface area contributed by atoms with Crippen molar-refractivity contribution in [2.75, 3.05) is 36.4 Å². The predicted octanol–water partition coefficient (Wildman–Crippen LogP) is 2.93. The first-order chi connectivity index (χ1) is 15.0. The Kier molecular flexibility index (Phi) is 6.86. The lowest BCUT2D eigenvalue weighted by Gasteiger charge is -2.31. The summed E-state index contributed by atoms with van der Waals surface area (Å²) in [7, 11) is 0. The van der Waals surface area contributed by atoms with Crippen molar-refractivity contribution >= 4 is 51.3 Å². The fourth-order valence-electron chi connectivity index (χ4n) is 3.97. The fraction of sp³-hybridized carbons (Fsp3) is 0.524. The molecular weight excluding hydrogens is 434 g/mol. The third-order valence-electron chi connectivity index (χ3n) is 5.65. The Hall–Kier alpha value is -2.46. The molecule has 2 aromatic rings. The van der Waals surface area contributed by atoms with Crippen molar-refractivity contribution in [3.63, 3.8) is 0 Å². The molecule has 31 heavy (non-hydrogen) atoms. The number of nitrogens with zero attached hydrogens (tertiary/aromatic N) is 3. The van der Waals surface area contributed by atoms with Gasteiger partial charge in [0.25, 0.3) is 5.91 Å². The molecule has 3 amide bonds. The third kappa shape index (κ3) is 5.24. The van der Waals surface area contributed by atoms with E-state index in [9.17, 15) is 14.4 Å². The molecule has 0 aliphatic carbocycles. The maximum atomic E-state index is 12.9. The molecule has 2 aliphatic rings. The highest BCUT2D eigenvalue weighted by Crippen LogP contribution is 2.34. The lowest BCUT2D eigenvalue weighted by molar-refractivity contribution is -0.125. The zero-order valence-electron chi connectivity index (χ0n) is 17.6. The number of hydrogen-bond acceptors (Lipinski definition) is 7. The number of carbonyl (C=O) groups is 3. The third-order valence-corrected chi connectivity index (χ3v) is 7.63. The van der Waals surface area contributed by atoms with Gasteiger partial charge < -0.3 is 20.4 Å². The van der Waals surface area contributed by atoms with Gasteiger partial charge in [0.05, 0.1) is 6.54 Å². The maximum absolute atomic E-state index is 12.9. The van der Waals surface area contributed by atoms with Crippen LogP contribution in [0.3, 0.4) is 0 Å². The SMILES string of the molecule is CC(=O)Nc1nc(N2CCC(C(=O)NCc3cccs3)CC2)sc1C(=O)N1CCCC1. The smallest absolute Gasteiger partial charge is 0.267 e. The highest BCUT2D eigenvalue weighted by Gasteiger charge is 2.30. The molecule has 4 heterocycles. The van der Waals surface area contributed by atoms with Crippen LogP contribution in [-0.4, -0.2) is 53.8 Å². The van der Waals surface area contributed by atoms with Gasteiger partial charge in [0.1, 0.15) is 4.88 Å². The molecule has 8 nitrogen and oxygen atoms in total. The van der Waals surface area contributed by atoms with Crippen molar-refractivity contribution in [2.24, 2.45) is 5.92 Å². The summed E-state index contributed by atoms with van der Waals surface area (Å²) in [5, 5.41) is 8.48. The van der Waals surface area contributed by atoms with Gasteiger partial charge in [-0.25, -0.2) is 4.98 Å². The molecule has 0 aromatic carbocycles. The van der Waals surface area contributed by atoms with E-state index in [0.717, 1.165) is 48.8 Å². The van der Waals surface area contributed by atoms with Gasteiger partial charge in [0, 0.05) is 43.9 Å². The summed E-state index contributed by atoms with van der Waals surface area (Å²) in [5.41, 5.74) is 0. The van der Waals surface area contributed by atoms with E-state index in [1.54, 1.807) is 11.3 Å². The van der Waals surface area contributed by atoms with Gasteiger partial charge in [-0.15, -0.1) is 11.3 Å². The van der Waals surface area contributed by atoms with E-state index >= 15 is 0 Å². The van der Waals surface area contributed by atoms with E-state index in [2.05, 4.69) is 20.5 Å². The van der Waals surface area contributed by atoms with Gasteiger partial charge in [-0.3, -0.25) is 14.4 Å². The predicted molar refractivity (Wildman–Crippen MR) is 123 cm³/mol. The zero-order chi connectivity index (χ0) is 21.8. The summed E-state index contributed by atoms with van der Waals surface area (Å²) >= 11 is 2.97. The first-order valence-electron chi connectivity index (χ1n) is 10.6. The van der Waals surface area contributed by atoms with Crippen LogP contribution in [0, 0.1) is 5.92 Å². The van der Waals surface area contributed by atoms with Crippen molar-refractivity contribution in [1.29, 1.82) is 0 Å². The van der Waals surface area contributed by atoms with Gasteiger partial charge >= 0.3 is 0 Å². The van der Waals surface area contributed by atoms with Crippen molar-refractivity contribution in [2.45, 2.75) is 39.2 Å². The Morgan fingerprint density at radius 2 is 1.90 bits per heavy atom. The van der Waals surface area contributed by atoms with Crippen molar-refractivity contribution < 1.29 is 14.4 Å². The first kappa shape index (κ1) is 21.8. The zero-order valence-corrected chi connectivity index (χ0v) is 19.2. The van der Waals surface area contributed by atoms with Crippen LogP contribution in [-0.2, 0) is 16.1 Å². The van der Waals surface area contributed by atoms with Gasteiger partial charge in [-0.1, -0.05) is 17.4 Å². The molecule has 0 saturated carbocycles. The van der Waals surface area contributed by atoms with Crippen LogP contribution in [0.2, 0.25) is 0 Å². The number of nitrogens with one attached hydrogen (secondary N) is 2. The minimum Gasteiger partial charge on any atom is -0.351 e. The van der Waals surface area contributed by atoms with Gasteiger partial charge in [0.2, 0.25) is 11.8 Å². The Morgan fingerprint density at radius 1 is 1.16 bits per heavy atom. The van der Waals surface area contributed by atoms with Crippen LogP contribution in [0.15, 0.2) is 17.5 Å². The largest absolute Gasteiger partial charge is 0.351 e. The summed E-state index contributed by atoms with van der Waals surface area (Å²) in [6, 6.07) is 4.00. The number of rotatable bonds is 6. The van der Waals surface area contributed by atoms with E-state index in [1.807, 2.05) is 22.4 Å². The van der Waals surface area contributed by atoms with Crippen LogP contribution in [0.25, 0.3) is 0 Å². The van der Waals surface area contributed by atoms with Gasteiger partial charge in [0.15, 0.2) is 10.9 Å². The van der Waals surface area contributed by atoms with Crippen molar-refractivity contribution in [1.82, 2.24) is 15.2 Å². The van der Waals surface area contributed by atoms with Gasteiger partial charge in [-0.2, -0.15) is 0 Å².